The minimum Gasteiger partial charge on any atom is -0.481 e. The van der Waals surface area contributed by atoms with Gasteiger partial charge in [0.05, 0.1) is 12.6 Å². The van der Waals surface area contributed by atoms with Crippen LogP contribution in [-0.2, 0) is 22.4 Å². The molecule has 1 unspecified atom stereocenters. The number of benzene rings is 2. The van der Waals surface area contributed by atoms with Crippen molar-refractivity contribution in [2.24, 2.45) is 5.92 Å². The average Bonchev–Trinajstić information content (AvgIpc) is 3.09. The highest BCUT2D eigenvalue weighted by atomic mass is 16.4. The lowest BCUT2D eigenvalue weighted by atomic mass is 9.97. The van der Waals surface area contributed by atoms with Gasteiger partial charge in [0, 0.05) is 17.1 Å². The van der Waals surface area contributed by atoms with Crippen LogP contribution in [0.1, 0.15) is 11.1 Å². The van der Waals surface area contributed by atoms with Crippen LogP contribution in [0.4, 0.5) is 0 Å². The van der Waals surface area contributed by atoms with E-state index in [4.69, 9.17) is 0 Å². The minimum absolute atomic E-state index is 0.104. The Hall–Kier alpha value is -3.12. The zero-order chi connectivity index (χ0) is 19.2. The largest absolute Gasteiger partial charge is 0.481 e. The number of carboxylic acid groups (broad SMARTS) is 1. The van der Waals surface area contributed by atoms with Crippen LogP contribution < -0.4 is 5.32 Å². The van der Waals surface area contributed by atoms with Crippen LogP contribution in [-0.4, -0.2) is 39.7 Å². The van der Waals surface area contributed by atoms with Crippen molar-refractivity contribution < 1.29 is 19.8 Å². The first-order chi connectivity index (χ1) is 13.1. The molecule has 3 rings (SSSR count). The first-order valence-corrected chi connectivity index (χ1v) is 8.81. The van der Waals surface area contributed by atoms with E-state index in [9.17, 15) is 19.8 Å². The number of fused-ring (bicyclic) bond motifs is 1. The molecule has 1 amide bonds. The lowest BCUT2D eigenvalue weighted by Gasteiger charge is -2.19. The number of aromatic nitrogens is 1. The molecule has 6 nitrogen and oxygen atoms in total. The molecular weight excluding hydrogens is 344 g/mol. The number of aliphatic hydroxyl groups excluding tert-OH is 1. The number of aromatic amines is 1. The molecule has 0 aliphatic heterocycles. The lowest BCUT2D eigenvalue weighted by Crippen LogP contribution is -2.45. The van der Waals surface area contributed by atoms with Crippen molar-refractivity contribution in [2.45, 2.75) is 18.9 Å². The SMILES string of the molecule is O=C(O)C(Cc1ccccc1)C(=O)N[C@H](CO)Cc1c[nH]c2ccccc12. The molecule has 0 spiro atoms. The van der Waals surface area contributed by atoms with Gasteiger partial charge in [-0.1, -0.05) is 48.5 Å². The average molecular weight is 366 g/mol. The number of aliphatic carboxylic acids is 1. The summed E-state index contributed by atoms with van der Waals surface area (Å²) in [5.74, 6) is -2.98. The molecule has 0 aliphatic carbocycles. The van der Waals surface area contributed by atoms with Crippen LogP contribution in [0, 0.1) is 5.92 Å². The highest BCUT2D eigenvalue weighted by molar-refractivity contribution is 5.97. The number of carboxylic acids is 1. The number of carbonyl (C=O) groups is 2. The van der Waals surface area contributed by atoms with Crippen molar-refractivity contribution >= 4 is 22.8 Å². The molecular formula is C21H22N2O4. The zero-order valence-electron chi connectivity index (χ0n) is 14.8. The monoisotopic (exact) mass is 366 g/mol. The highest BCUT2D eigenvalue weighted by Crippen LogP contribution is 2.19. The number of hydrogen-bond acceptors (Lipinski definition) is 3. The molecule has 0 saturated heterocycles. The molecule has 6 heteroatoms. The number of rotatable bonds is 8. The molecule has 0 bridgehead atoms. The molecule has 140 valence electrons. The quantitative estimate of drug-likeness (QED) is 0.459. The van der Waals surface area contributed by atoms with Gasteiger partial charge in [0.15, 0.2) is 0 Å². The molecule has 0 aliphatic rings. The van der Waals surface area contributed by atoms with Gasteiger partial charge in [0.25, 0.3) is 0 Å². The summed E-state index contributed by atoms with van der Waals surface area (Å²) in [5, 5.41) is 22.8. The van der Waals surface area contributed by atoms with Crippen LogP contribution in [0.15, 0.2) is 60.8 Å². The molecule has 4 N–H and O–H groups in total. The molecule has 1 aromatic heterocycles. The number of hydrogen-bond donors (Lipinski definition) is 4. The fourth-order valence-corrected chi connectivity index (χ4v) is 3.17. The molecule has 0 fully saturated rings. The Morgan fingerprint density at radius 1 is 1.00 bits per heavy atom. The van der Waals surface area contributed by atoms with E-state index in [0.717, 1.165) is 22.0 Å². The van der Waals surface area contributed by atoms with Gasteiger partial charge in [-0.15, -0.1) is 0 Å². The van der Waals surface area contributed by atoms with E-state index in [1.165, 1.54) is 0 Å². The maximum Gasteiger partial charge on any atom is 0.316 e. The Labute approximate surface area is 156 Å². The number of nitrogens with one attached hydrogen (secondary N) is 2. The zero-order valence-corrected chi connectivity index (χ0v) is 14.8. The molecule has 2 aromatic carbocycles. The topological polar surface area (TPSA) is 102 Å². The van der Waals surface area contributed by atoms with Crippen molar-refractivity contribution in [3.05, 3.63) is 71.9 Å². The predicted octanol–water partition coefficient (Wildman–Crippen LogP) is 2.13. The fraction of sp³-hybridized carbons (Fsp3) is 0.238. The summed E-state index contributed by atoms with van der Waals surface area (Å²) in [4.78, 5) is 27.3. The summed E-state index contributed by atoms with van der Waals surface area (Å²) < 4.78 is 0. The summed E-state index contributed by atoms with van der Waals surface area (Å²) in [5.41, 5.74) is 2.71. The third kappa shape index (κ3) is 4.54. The van der Waals surface area contributed by atoms with E-state index in [2.05, 4.69) is 10.3 Å². The summed E-state index contributed by atoms with van der Waals surface area (Å²) >= 11 is 0. The van der Waals surface area contributed by atoms with Crippen molar-refractivity contribution in [1.29, 1.82) is 0 Å². The summed E-state index contributed by atoms with van der Waals surface area (Å²) in [6, 6.07) is 16.2. The second-order valence-corrected chi connectivity index (χ2v) is 6.53. The minimum atomic E-state index is -1.20. The smallest absolute Gasteiger partial charge is 0.316 e. The Morgan fingerprint density at radius 3 is 2.41 bits per heavy atom. The number of amides is 1. The summed E-state index contributed by atoms with van der Waals surface area (Å²) in [7, 11) is 0. The normalized spacial score (nSPS) is 13.2. The first kappa shape index (κ1) is 18.7. The molecule has 27 heavy (non-hydrogen) atoms. The van der Waals surface area contributed by atoms with Gasteiger partial charge in [-0.3, -0.25) is 9.59 Å². The van der Waals surface area contributed by atoms with Crippen LogP contribution in [0.5, 0.6) is 0 Å². The molecule has 0 radical (unpaired) electrons. The van der Waals surface area contributed by atoms with Crippen molar-refractivity contribution in [1.82, 2.24) is 10.3 Å². The van der Waals surface area contributed by atoms with Crippen molar-refractivity contribution in [2.75, 3.05) is 6.61 Å². The van der Waals surface area contributed by atoms with Crippen molar-refractivity contribution in [3.8, 4) is 0 Å². The lowest BCUT2D eigenvalue weighted by molar-refractivity contribution is -0.147. The number of carbonyl (C=O) groups excluding carboxylic acids is 1. The van der Waals surface area contributed by atoms with Crippen molar-refractivity contribution in [3.63, 3.8) is 0 Å². The number of para-hydroxylation sites is 1. The highest BCUT2D eigenvalue weighted by Gasteiger charge is 2.28. The van der Waals surface area contributed by atoms with Gasteiger partial charge in [-0.25, -0.2) is 0 Å². The second-order valence-electron chi connectivity index (χ2n) is 6.53. The van der Waals surface area contributed by atoms with Gasteiger partial charge in [0.1, 0.15) is 5.92 Å². The standard InChI is InChI=1S/C21H22N2O4/c24-13-16(11-15-12-22-19-9-5-4-8-17(15)19)23-20(25)18(21(26)27)10-14-6-2-1-3-7-14/h1-9,12,16,18,22,24H,10-11,13H2,(H,23,25)(H,26,27)/t16-,18?/m0/s1. The Balaban J connectivity index is 1.70. The van der Waals surface area contributed by atoms with Crippen LogP contribution >= 0.6 is 0 Å². The van der Waals surface area contributed by atoms with E-state index in [1.54, 1.807) is 24.3 Å². The second kappa shape index (κ2) is 8.51. The molecule has 0 saturated carbocycles. The number of aliphatic hydroxyl groups is 1. The fourth-order valence-electron chi connectivity index (χ4n) is 3.17. The van der Waals surface area contributed by atoms with E-state index in [0.29, 0.717) is 6.42 Å². The van der Waals surface area contributed by atoms with Gasteiger partial charge < -0.3 is 20.5 Å². The van der Waals surface area contributed by atoms with Crippen LogP contribution in [0.2, 0.25) is 0 Å². The summed E-state index contributed by atoms with van der Waals surface area (Å²) in [6.45, 7) is -0.275. The Bertz CT molecular complexity index is 920. The van der Waals surface area contributed by atoms with E-state index < -0.39 is 23.8 Å². The van der Waals surface area contributed by atoms with Gasteiger partial charge in [-0.05, 0) is 30.0 Å². The maximum absolute atomic E-state index is 12.5. The third-order valence-corrected chi connectivity index (χ3v) is 4.61. The van der Waals surface area contributed by atoms with Crippen LogP contribution in [0.25, 0.3) is 10.9 Å². The first-order valence-electron chi connectivity index (χ1n) is 8.81. The number of H-pyrrole nitrogens is 1. The Morgan fingerprint density at radius 2 is 1.70 bits per heavy atom. The molecule has 1 heterocycles. The molecule has 2 atom stereocenters. The predicted molar refractivity (Wildman–Crippen MR) is 102 cm³/mol. The van der Waals surface area contributed by atoms with Gasteiger partial charge in [-0.2, -0.15) is 0 Å². The summed E-state index contributed by atoms with van der Waals surface area (Å²) in [6.07, 6.45) is 2.36. The molecule has 3 aromatic rings. The van der Waals surface area contributed by atoms with E-state index >= 15 is 0 Å². The van der Waals surface area contributed by atoms with Crippen LogP contribution in [0.3, 0.4) is 0 Å². The maximum atomic E-state index is 12.5. The van der Waals surface area contributed by atoms with Gasteiger partial charge >= 0.3 is 5.97 Å². The Kier molecular flexibility index (Phi) is 5.88. The van der Waals surface area contributed by atoms with E-state index in [-0.39, 0.29) is 13.0 Å². The third-order valence-electron chi connectivity index (χ3n) is 4.61. The van der Waals surface area contributed by atoms with Gasteiger partial charge in [0.2, 0.25) is 5.91 Å². The van der Waals surface area contributed by atoms with E-state index in [1.807, 2.05) is 36.5 Å².